The molecular formula is C53H91O9P. The highest BCUT2D eigenvalue weighted by Gasteiger charge is 2.26. The third kappa shape index (κ3) is 48.7. The van der Waals surface area contributed by atoms with E-state index in [4.69, 9.17) is 23.6 Å². The minimum atomic E-state index is -4.55. The summed E-state index contributed by atoms with van der Waals surface area (Å²) < 4.78 is 33.4. The Hall–Kier alpha value is -2.62. The predicted octanol–water partition coefficient (Wildman–Crippen LogP) is 14.4. The Morgan fingerprint density at radius 1 is 0.508 bits per heavy atom. The fourth-order valence-corrected chi connectivity index (χ4v) is 7.07. The number of rotatable bonds is 46. The highest BCUT2D eigenvalue weighted by Crippen LogP contribution is 2.43. The fraction of sp³-hybridized carbons (Fsp3) is 0.679. The van der Waals surface area contributed by atoms with Crippen LogP contribution in [0.4, 0.5) is 0 Å². The molecule has 10 heteroatoms. The van der Waals surface area contributed by atoms with Gasteiger partial charge >= 0.3 is 13.8 Å². The molecule has 0 spiro atoms. The molecule has 0 aliphatic carbocycles. The quantitative estimate of drug-likeness (QED) is 0.0236. The van der Waals surface area contributed by atoms with Crippen LogP contribution in [0.1, 0.15) is 187 Å². The molecule has 0 rings (SSSR count). The number of hydrogen-bond donors (Lipinski definition) is 3. The minimum absolute atomic E-state index is 0.0182. The third-order valence-corrected chi connectivity index (χ3v) is 11.0. The largest absolute Gasteiger partial charge is 0.472 e. The molecule has 0 heterocycles. The van der Waals surface area contributed by atoms with Gasteiger partial charge < -0.3 is 24.6 Å². The Bertz CT molecular complexity index is 1300. The first-order valence-electron chi connectivity index (χ1n) is 24.7. The van der Waals surface area contributed by atoms with Gasteiger partial charge in [0.1, 0.15) is 12.2 Å². The number of allylic oxidation sites excluding steroid dienone is 16. The maximum absolute atomic E-state index is 12.7. The van der Waals surface area contributed by atoms with Crippen molar-refractivity contribution in [3.8, 4) is 0 Å². The van der Waals surface area contributed by atoms with E-state index in [1.165, 1.54) is 89.9 Å². The van der Waals surface area contributed by atoms with Crippen molar-refractivity contribution < 1.29 is 43.0 Å². The molecule has 63 heavy (non-hydrogen) atoms. The van der Waals surface area contributed by atoms with Crippen molar-refractivity contribution in [3.05, 3.63) is 97.2 Å². The van der Waals surface area contributed by atoms with Crippen LogP contribution < -0.4 is 0 Å². The SMILES string of the molecule is CC/C=C\C/C=C\C/C=C\C/C=C\C/C=C\C/C=C\C/C=C\CCCC(=O)OC(COCCCCCCCCCC/C=C\CCCCCCCCC)COP(=O)(O)OCC(O)CO. The van der Waals surface area contributed by atoms with Crippen molar-refractivity contribution in [2.24, 2.45) is 0 Å². The van der Waals surface area contributed by atoms with E-state index < -0.39 is 45.8 Å². The van der Waals surface area contributed by atoms with Gasteiger partial charge in [-0.1, -0.05) is 188 Å². The van der Waals surface area contributed by atoms with Crippen LogP contribution in [0.3, 0.4) is 0 Å². The molecule has 0 fully saturated rings. The number of esters is 1. The molecule has 3 unspecified atom stereocenters. The second-order valence-electron chi connectivity index (χ2n) is 16.1. The number of phosphoric acid groups is 1. The van der Waals surface area contributed by atoms with Crippen LogP contribution in [0.5, 0.6) is 0 Å². The number of carbonyl (C=O) groups excluding carboxylic acids is 1. The standard InChI is InChI=1S/C53H91O9P/c1-3-5-7-9-11-13-15-17-19-21-23-24-25-26-27-29-31-33-35-37-39-41-43-45-53(56)62-52(50-61-63(57,58)60-48-51(55)47-54)49-59-46-44-42-40-38-36-34-32-30-28-22-20-18-16-14-12-10-8-6-4-2/h5,7,11,13,17,19-20,22-24,26-27,31,33,37,39,51-52,54-55H,3-4,6,8-10,12,14-16,18,21,25,28-30,32,34-36,38,40-50H2,1-2H3,(H,57,58)/b7-5-,13-11-,19-17-,22-20-,24-23-,27-26-,33-31-,39-37-. The molecule has 0 radical (unpaired) electrons. The highest BCUT2D eigenvalue weighted by atomic mass is 31.2. The third-order valence-electron chi connectivity index (χ3n) is 10.0. The molecule has 3 N–H and O–H groups in total. The summed E-state index contributed by atoms with van der Waals surface area (Å²) in [5, 5.41) is 18.4. The summed E-state index contributed by atoms with van der Waals surface area (Å²) in [5.41, 5.74) is 0. The number of carbonyl (C=O) groups is 1. The van der Waals surface area contributed by atoms with E-state index in [2.05, 4.69) is 111 Å². The van der Waals surface area contributed by atoms with Gasteiger partial charge in [0.05, 0.1) is 26.4 Å². The van der Waals surface area contributed by atoms with E-state index in [9.17, 15) is 19.4 Å². The summed E-state index contributed by atoms with van der Waals surface area (Å²) in [6.45, 7) is 3.31. The molecule has 0 aliphatic heterocycles. The molecule has 362 valence electrons. The monoisotopic (exact) mass is 903 g/mol. The number of unbranched alkanes of at least 4 members (excludes halogenated alkanes) is 16. The number of phosphoric ester groups is 1. The molecule has 9 nitrogen and oxygen atoms in total. The number of hydrogen-bond acceptors (Lipinski definition) is 8. The predicted molar refractivity (Wildman–Crippen MR) is 265 cm³/mol. The topological polar surface area (TPSA) is 132 Å². The van der Waals surface area contributed by atoms with Crippen LogP contribution in [0, 0.1) is 0 Å². The first kappa shape index (κ1) is 60.4. The van der Waals surface area contributed by atoms with Gasteiger partial charge in [-0.05, 0) is 89.9 Å². The van der Waals surface area contributed by atoms with Gasteiger partial charge in [-0.15, -0.1) is 0 Å². The second kappa shape index (κ2) is 48.8. The lowest BCUT2D eigenvalue weighted by Gasteiger charge is -2.20. The van der Waals surface area contributed by atoms with Crippen LogP contribution in [-0.2, 0) is 27.9 Å². The first-order valence-corrected chi connectivity index (χ1v) is 26.2. The van der Waals surface area contributed by atoms with Gasteiger partial charge in [0.25, 0.3) is 0 Å². The smallest absolute Gasteiger partial charge is 0.457 e. The van der Waals surface area contributed by atoms with Crippen LogP contribution in [0.25, 0.3) is 0 Å². The summed E-state index contributed by atoms with van der Waals surface area (Å²) in [7, 11) is -4.55. The molecular weight excluding hydrogens is 812 g/mol. The summed E-state index contributed by atoms with van der Waals surface area (Å²) >= 11 is 0. The van der Waals surface area contributed by atoms with Crippen LogP contribution in [-0.4, -0.2) is 66.3 Å². The lowest BCUT2D eigenvalue weighted by Crippen LogP contribution is -2.29. The van der Waals surface area contributed by atoms with E-state index in [0.29, 0.717) is 13.0 Å². The van der Waals surface area contributed by atoms with Gasteiger partial charge in [0.2, 0.25) is 0 Å². The zero-order valence-corrected chi connectivity index (χ0v) is 40.7. The molecule has 0 aliphatic rings. The van der Waals surface area contributed by atoms with E-state index in [-0.39, 0.29) is 13.0 Å². The average Bonchev–Trinajstić information content (AvgIpc) is 3.28. The Balaban J connectivity index is 4.25. The molecule has 0 bridgehead atoms. The van der Waals surface area contributed by atoms with Crippen molar-refractivity contribution >= 4 is 13.8 Å². The van der Waals surface area contributed by atoms with Crippen LogP contribution in [0.2, 0.25) is 0 Å². The Morgan fingerprint density at radius 2 is 0.905 bits per heavy atom. The average molecular weight is 903 g/mol. The molecule has 0 saturated heterocycles. The van der Waals surface area contributed by atoms with Gasteiger partial charge in [0, 0.05) is 13.0 Å². The summed E-state index contributed by atoms with van der Waals surface area (Å²) in [6, 6.07) is 0. The van der Waals surface area contributed by atoms with E-state index in [1.54, 1.807) is 0 Å². The number of aliphatic hydroxyl groups excluding tert-OH is 2. The highest BCUT2D eigenvalue weighted by molar-refractivity contribution is 7.47. The normalized spacial score (nSPS) is 14.7. The Kier molecular flexibility index (Phi) is 46.8. The van der Waals surface area contributed by atoms with Crippen molar-refractivity contribution in [1.82, 2.24) is 0 Å². The molecule has 0 aromatic rings. The fourth-order valence-electron chi connectivity index (χ4n) is 6.28. The molecule has 0 aromatic heterocycles. The lowest BCUT2D eigenvalue weighted by molar-refractivity contribution is -0.154. The molecule has 0 saturated carbocycles. The zero-order valence-electron chi connectivity index (χ0n) is 39.8. The maximum Gasteiger partial charge on any atom is 0.472 e. The number of aliphatic hydroxyl groups is 2. The van der Waals surface area contributed by atoms with Crippen molar-refractivity contribution in [3.63, 3.8) is 0 Å². The zero-order chi connectivity index (χ0) is 46.0. The van der Waals surface area contributed by atoms with Crippen molar-refractivity contribution in [1.29, 1.82) is 0 Å². The Labute approximate surface area is 385 Å². The summed E-state index contributed by atoms with van der Waals surface area (Å²) in [4.78, 5) is 22.6. The van der Waals surface area contributed by atoms with Crippen LogP contribution >= 0.6 is 7.82 Å². The van der Waals surface area contributed by atoms with Gasteiger partial charge in [0.15, 0.2) is 0 Å². The van der Waals surface area contributed by atoms with Gasteiger partial charge in [-0.2, -0.15) is 0 Å². The summed E-state index contributed by atoms with van der Waals surface area (Å²) in [6.07, 6.45) is 62.3. The van der Waals surface area contributed by atoms with Gasteiger partial charge in [-0.3, -0.25) is 13.8 Å². The Morgan fingerprint density at radius 3 is 1.38 bits per heavy atom. The molecule has 3 atom stereocenters. The summed E-state index contributed by atoms with van der Waals surface area (Å²) in [5.74, 6) is -0.443. The molecule has 0 aromatic carbocycles. The number of ether oxygens (including phenoxy) is 2. The lowest BCUT2D eigenvalue weighted by atomic mass is 10.1. The second-order valence-corrected chi connectivity index (χ2v) is 17.5. The molecule has 0 amide bonds. The van der Waals surface area contributed by atoms with E-state index in [0.717, 1.165) is 70.6 Å². The van der Waals surface area contributed by atoms with Gasteiger partial charge in [-0.25, -0.2) is 4.57 Å². The minimum Gasteiger partial charge on any atom is -0.457 e. The van der Waals surface area contributed by atoms with Crippen molar-refractivity contribution in [2.45, 2.75) is 199 Å². The first-order chi connectivity index (χ1) is 30.8. The van der Waals surface area contributed by atoms with Crippen molar-refractivity contribution in [2.75, 3.05) is 33.0 Å². The van der Waals surface area contributed by atoms with Crippen LogP contribution in [0.15, 0.2) is 97.2 Å². The van der Waals surface area contributed by atoms with E-state index >= 15 is 0 Å². The van der Waals surface area contributed by atoms with E-state index in [1.807, 2.05) is 0 Å². The maximum atomic E-state index is 12.7.